The molecular formula is C12H11F2N3O3S. The summed E-state index contributed by atoms with van der Waals surface area (Å²) in [7, 11) is 1.50. The highest BCUT2D eigenvalue weighted by molar-refractivity contribution is 7.11. The number of alkyl halides is 1. The van der Waals surface area contributed by atoms with Crippen molar-refractivity contribution in [1.82, 2.24) is 9.13 Å². The van der Waals surface area contributed by atoms with E-state index < -0.39 is 24.0 Å². The fourth-order valence-corrected chi connectivity index (χ4v) is 2.38. The molecule has 1 amide bonds. The molecule has 1 N–H and O–H groups in total. The van der Waals surface area contributed by atoms with Crippen molar-refractivity contribution in [3.63, 3.8) is 0 Å². The van der Waals surface area contributed by atoms with E-state index in [2.05, 4.69) is 5.32 Å². The maximum Gasteiger partial charge on any atom is 0.307 e. The van der Waals surface area contributed by atoms with Crippen molar-refractivity contribution in [2.45, 2.75) is 6.54 Å². The molecule has 9 heteroatoms. The van der Waals surface area contributed by atoms with Gasteiger partial charge in [-0.25, -0.2) is 8.78 Å². The Morgan fingerprint density at radius 1 is 1.38 bits per heavy atom. The van der Waals surface area contributed by atoms with E-state index in [0.29, 0.717) is 0 Å². The molecule has 0 fully saturated rings. The molecule has 2 heterocycles. The first kappa shape index (κ1) is 15.1. The van der Waals surface area contributed by atoms with E-state index >= 15 is 0 Å². The van der Waals surface area contributed by atoms with E-state index in [0.717, 1.165) is 28.2 Å². The molecule has 0 aromatic carbocycles. The van der Waals surface area contributed by atoms with Crippen LogP contribution in [0.25, 0.3) is 0 Å². The van der Waals surface area contributed by atoms with Crippen molar-refractivity contribution in [1.29, 1.82) is 0 Å². The maximum absolute atomic E-state index is 13.4. The van der Waals surface area contributed by atoms with E-state index in [1.807, 2.05) is 0 Å². The molecule has 112 valence electrons. The van der Waals surface area contributed by atoms with Crippen LogP contribution < -0.4 is 15.7 Å². The lowest BCUT2D eigenvalue weighted by molar-refractivity contribution is 0.103. The molecule has 0 saturated heterocycles. The summed E-state index contributed by atoms with van der Waals surface area (Å²) in [6.45, 7) is -1.14. The summed E-state index contributed by atoms with van der Waals surface area (Å²) < 4.78 is 27.8. The molecule has 0 aliphatic carbocycles. The topological polar surface area (TPSA) is 73.1 Å². The van der Waals surface area contributed by atoms with Gasteiger partial charge < -0.3 is 14.5 Å². The van der Waals surface area contributed by atoms with Crippen molar-refractivity contribution in [2.75, 3.05) is 12.0 Å². The zero-order valence-corrected chi connectivity index (χ0v) is 11.7. The van der Waals surface area contributed by atoms with Gasteiger partial charge in [0.2, 0.25) is 0 Å². The van der Waals surface area contributed by atoms with Crippen molar-refractivity contribution < 1.29 is 13.6 Å². The first-order chi connectivity index (χ1) is 9.92. The van der Waals surface area contributed by atoms with Crippen LogP contribution in [0.5, 0.6) is 0 Å². The van der Waals surface area contributed by atoms with E-state index in [1.165, 1.54) is 17.8 Å². The van der Waals surface area contributed by atoms with Crippen molar-refractivity contribution >= 4 is 22.9 Å². The zero-order valence-electron chi connectivity index (χ0n) is 10.9. The smallest absolute Gasteiger partial charge is 0.307 e. The Labute approximate surface area is 121 Å². The fourth-order valence-electron chi connectivity index (χ4n) is 1.64. The van der Waals surface area contributed by atoms with Gasteiger partial charge in [0.05, 0.1) is 12.2 Å². The number of aromatic nitrogens is 2. The fraction of sp³-hybridized carbons (Fsp3) is 0.250. The molecule has 0 radical (unpaired) electrons. The van der Waals surface area contributed by atoms with Gasteiger partial charge in [0.25, 0.3) is 11.5 Å². The molecule has 0 aliphatic heterocycles. The van der Waals surface area contributed by atoms with Crippen LogP contribution in [0.4, 0.5) is 14.5 Å². The number of nitrogens with zero attached hydrogens (tertiary/aromatic N) is 2. The predicted molar refractivity (Wildman–Crippen MR) is 74.1 cm³/mol. The second-order valence-corrected chi connectivity index (χ2v) is 5.18. The van der Waals surface area contributed by atoms with Crippen LogP contribution in [0.3, 0.4) is 0 Å². The largest absolute Gasteiger partial charge is 0.320 e. The second kappa shape index (κ2) is 6.00. The van der Waals surface area contributed by atoms with Crippen LogP contribution in [-0.4, -0.2) is 21.7 Å². The zero-order chi connectivity index (χ0) is 15.6. The minimum Gasteiger partial charge on any atom is -0.320 e. The number of carbonyl (C=O) groups is 1. The first-order valence-electron chi connectivity index (χ1n) is 5.86. The van der Waals surface area contributed by atoms with Gasteiger partial charge in [0.15, 0.2) is 5.82 Å². The summed E-state index contributed by atoms with van der Waals surface area (Å²) in [6.07, 6.45) is 2.49. The number of anilines is 1. The van der Waals surface area contributed by atoms with Gasteiger partial charge in [0.1, 0.15) is 11.6 Å². The van der Waals surface area contributed by atoms with Crippen LogP contribution in [0, 0.1) is 5.82 Å². The second-order valence-electron chi connectivity index (χ2n) is 4.19. The molecule has 21 heavy (non-hydrogen) atoms. The lowest BCUT2D eigenvalue weighted by Crippen LogP contribution is -2.24. The third kappa shape index (κ3) is 3.24. The van der Waals surface area contributed by atoms with Gasteiger partial charge in [-0.05, 0) is 0 Å². The third-order valence-corrected chi connectivity index (χ3v) is 3.62. The summed E-state index contributed by atoms with van der Waals surface area (Å²) in [6, 6.07) is 0.848. The van der Waals surface area contributed by atoms with Gasteiger partial charge in [-0.2, -0.15) is 0 Å². The quantitative estimate of drug-likeness (QED) is 0.914. The normalized spacial score (nSPS) is 10.6. The number of halogens is 2. The summed E-state index contributed by atoms with van der Waals surface area (Å²) in [4.78, 5) is 34.4. The lowest BCUT2D eigenvalue weighted by atomic mass is 10.3. The molecule has 2 aromatic heterocycles. The summed E-state index contributed by atoms with van der Waals surface area (Å²) in [5.74, 6) is -1.70. The van der Waals surface area contributed by atoms with Crippen LogP contribution in [-0.2, 0) is 13.6 Å². The summed E-state index contributed by atoms with van der Waals surface area (Å²) in [5.41, 5.74) is -0.955. The van der Waals surface area contributed by atoms with Crippen molar-refractivity contribution in [3.05, 3.63) is 49.2 Å². The highest BCUT2D eigenvalue weighted by Gasteiger charge is 2.13. The number of aryl methyl sites for hydroxylation is 2. The van der Waals surface area contributed by atoms with Gasteiger partial charge in [-0.1, -0.05) is 11.3 Å². The highest BCUT2D eigenvalue weighted by Crippen LogP contribution is 2.11. The molecule has 0 spiro atoms. The Morgan fingerprint density at radius 2 is 2.10 bits per heavy atom. The monoisotopic (exact) mass is 315 g/mol. The van der Waals surface area contributed by atoms with Gasteiger partial charge in [-0.15, -0.1) is 0 Å². The number of amides is 1. The summed E-state index contributed by atoms with van der Waals surface area (Å²) >= 11 is 0.737. The Bertz CT molecular complexity index is 794. The van der Waals surface area contributed by atoms with Crippen molar-refractivity contribution in [2.24, 2.45) is 7.05 Å². The SMILES string of the molecule is Cn1cc(C(=O)Nc2cc(F)c(=O)n(CCF)c2)sc1=O. The van der Waals surface area contributed by atoms with Crippen LogP contribution in [0.2, 0.25) is 0 Å². The molecule has 6 nitrogen and oxygen atoms in total. The van der Waals surface area contributed by atoms with Crippen molar-refractivity contribution in [3.8, 4) is 0 Å². The number of hydrogen-bond donors (Lipinski definition) is 1. The van der Waals surface area contributed by atoms with E-state index in [4.69, 9.17) is 0 Å². The molecule has 0 bridgehead atoms. The number of thiazole rings is 1. The number of pyridine rings is 1. The molecule has 2 rings (SSSR count). The van der Waals surface area contributed by atoms with Crippen LogP contribution >= 0.6 is 11.3 Å². The number of carbonyl (C=O) groups excluding carboxylic acids is 1. The maximum atomic E-state index is 13.4. The standard InChI is InChI=1S/C12H11F2N3O3S/c1-16-6-9(21-12(16)20)10(18)15-7-4-8(14)11(19)17(5-7)3-2-13/h4-6H,2-3H2,1H3,(H,15,18). The molecule has 0 atom stereocenters. The van der Waals surface area contributed by atoms with Gasteiger partial charge in [-0.3, -0.25) is 14.4 Å². The van der Waals surface area contributed by atoms with Crippen LogP contribution in [0.1, 0.15) is 9.67 Å². The molecule has 0 unspecified atom stereocenters. The number of hydrogen-bond acceptors (Lipinski definition) is 4. The predicted octanol–water partition coefficient (Wildman–Crippen LogP) is 0.969. The minimum absolute atomic E-state index is 0.00838. The average Bonchev–Trinajstić information content (AvgIpc) is 2.76. The Hall–Kier alpha value is -2.29. The first-order valence-corrected chi connectivity index (χ1v) is 6.68. The highest BCUT2D eigenvalue weighted by atomic mass is 32.1. The Morgan fingerprint density at radius 3 is 2.67 bits per heavy atom. The van der Waals surface area contributed by atoms with Gasteiger partial charge in [0, 0.05) is 25.5 Å². The van der Waals surface area contributed by atoms with E-state index in [9.17, 15) is 23.2 Å². The Balaban J connectivity index is 2.29. The molecular weight excluding hydrogens is 304 g/mol. The minimum atomic E-state index is -1.09. The molecule has 0 saturated carbocycles. The lowest BCUT2D eigenvalue weighted by Gasteiger charge is -2.08. The number of rotatable bonds is 4. The molecule has 0 aliphatic rings. The van der Waals surface area contributed by atoms with Crippen LogP contribution in [0.15, 0.2) is 28.0 Å². The Kier molecular flexibility index (Phi) is 4.32. The molecule has 2 aromatic rings. The average molecular weight is 315 g/mol. The van der Waals surface area contributed by atoms with E-state index in [-0.39, 0.29) is 22.0 Å². The van der Waals surface area contributed by atoms with E-state index in [1.54, 1.807) is 0 Å². The third-order valence-electron chi connectivity index (χ3n) is 2.65. The summed E-state index contributed by atoms with van der Waals surface area (Å²) in [5, 5.41) is 2.36. The number of nitrogens with one attached hydrogen (secondary N) is 1. The van der Waals surface area contributed by atoms with Gasteiger partial charge >= 0.3 is 4.87 Å².